The summed E-state index contributed by atoms with van der Waals surface area (Å²) in [6, 6.07) is 4.69. The summed E-state index contributed by atoms with van der Waals surface area (Å²) in [6.45, 7) is 2.59. The van der Waals surface area contributed by atoms with Crippen LogP contribution in [0, 0.1) is 11.7 Å². The summed E-state index contributed by atoms with van der Waals surface area (Å²) in [5.41, 5.74) is 0.851. The van der Waals surface area contributed by atoms with Gasteiger partial charge in [0, 0.05) is 13.2 Å². The van der Waals surface area contributed by atoms with Gasteiger partial charge < -0.3 is 10.1 Å². The molecule has 1 fully saturated rings. The van der Waals surface area contributed by atoms with E-state index in [-0.39, 0.29) is 5.82 Å². The van der Waals surface area contributed by atoms with Crippen molar-refractivity contribution in [3.63, 3.8) is 0 Å². The normalized spacial score (nSPS) is 20.2. The number of fused-ring (bicyclic) bond motifs is 1. The van der Waals surface area contributed by atoms with Gasteiger partial charge in [0.15, 0.2) is 5.13 Å². The lowest BCUT2D eigenvalue weighted by molar-refractivity contribution is 0.0595. The first-order valence-corrected chi connectivity index (χ1v) is 7.00. The van der Waals surface area contributed by atoms with Gasteiger partial charge in [-0.3, -0.25) is 0 Å². The monoisotopic (exact) mass is 266 g/mol. The fraction of sp³-hybridized carbons (Fsp3) is 0.462. The minimum absolute atomic E-state index is 0.210. The van der Waals surface area contributed by atoms with E-state index in [0.29, 0.717) is 5.92 Å². The number of halogens is 1. The first-order chi connectivity index (χ1) is 8.81. The summed E-state index contributed by atoms with van der Waals surface area (Å²) in [6.07, 6.45) is 2.34. The van der Waals surface area contributed by atoms with Crippen molar-refractivity contribution in [2.75, 3.05) is 25.1 Å². The molecule has 0 saturated carbocycles. The smallest absolute Gasteiger partial charge is 0.183 e. The molecule has 0 spiro atoms. The Labute approximate surface area is 109 Å². The second-order valence-corrected chi connectivity index (χ2v) is 5.63. The number of ether oxygens (including phenoxy) is 1. The number of benzene rings is 1. The summed E-state index contributed by atoms with van der Waals surface area (Å²) >= 11 is 1.50. The van der Waals surface area contributed by atoms with Crippen LogP contribution in [0.2, 0.25) is 0 Å². The number of anilines is 1. The van der Waals surface area contributed by atoms with Gasteiger partial charge in [-0.2, -0.15) is 0 Å². The predicted octanol–water partition coefficient (Wildman–Crippen LogP) is 3.27. The van der Waals surface area contributed by atoms with Crippen LogP contribution in [0.25, 0.3) is 10.2 Å². The molecule has 0 radical (unpaired) electrons. The molecule has 1 aliphatic heterocycles. The summed E-state index contributed by atoms with van der Waals surface area (Å²) in [7, 11) is 0. The lowest BCUT2D eigenvalue weighted by Crippen LogP contribution is -2.24. The second kappa shape index (κ2) is 5.20. The summed E-state index contributed by atoms with van der Waals surface area (Å²) in [5.74, 6) is 0.348. The average molecular weight is 266 g/mol. The highest BCUT2D eigenvalue weighted by molar-refractivity contribution is 7.22. The van der Waals surface area contributed by atoms with Gasteiger partial charge in [-0.1, -0.05) is 11.3 Å². The van der Waals surface area contributed by atoms with Crippen LogP contribution in [-0.2, 0) is 4.74 Å². The molecule has 5 heteroatoms. The Hall–Kier alpha value is -1.20. The van der Waals surface area contributed by atoms with Crippen molar-refractivity contribution in [3.05, 3.63) is 24.0 Å². The number of rotatable bonds is 3. The molecule has 1 saturated heterocycles. The van der Waals surface area contributed by atoms with Crippen LogP contribution >= 0.6 is 11.3 Å². The summed E-state index contributed by atoms with van der Waals surface area (Å²) < 4.78 is 19.4. The topological polar surface area (TPSA) is 34.2 Å². The first-order valence-electron chi connectivity index (χ1n) is 6.19. The Morgan fingerprint density at radius 2 is 2.44 bits per heavy atom. The molecule has 3 nitrogen and oxygen atoms in total. The maximum absolute atomic E-state index is 13.1. The molecule has 1 aromatic carbocycles. The molecule has 18 heavy (non-hydrogen) atoms. The maximum Gasteiger partial charge on any atom is 0.183 e. The van der Waals surface area contributed by atoms with Crippen molar-refractivity contribution < 1.29 is 9.13 Å². The van der Waals surface area contributed by atoms with E-state index in [1.54, 1.807) is 6.07 Å². The van der Waals surface area contributed by atoms with Gasteiger partial charge in [-0.05, 0) is 37.0 Å². The highest BCUT2D eigenvalue weighted by atomic mass is 32.1. The van der Waals surface area contributed by atoms with Gasteiger partial charge in [0.05, 0.1) is 16.8 Å². The summed E-state index contributed by atoms with van der Waals surface area (Å²) in [4.78, 5) is 4.44. The Bertz CT molecular complexity index is 537. The lowest BCUT2D eigenvalue weighted by Gasteiger charge is -2.21. The zero-order chi connectivity index (χ0) is 12.4. The number of hydrogen-bond acceptors (Lipinski definition) is 4. The first kappa shape index (κ1) is 11.9. The molecule has 2 aromatic rings. The van der Waals surface area contributed by atoms with Gasteiger partial charge in [-0.15, -0.1) is 0 Å². The molecule has 0 amide bonds. The Kier molecular flexibility index (Phi) is 3.43. The molecule has 2 heterocycles. The summed E-state index contributed by atoms with van der Waals surface area (Å²) in [5, 5.41) is 4.19. The van der Waals surface area contributed by atoms with Crippen LogP contribution in [-0.4, -0.2) is 24.7 Å². The Morgan fingerprint density at radius 1 is 1.50 bits per heavy atom. The van der Waals surface area contributed by atoms with Crippen molar-refractivity contribution >= 4 is 26.7 Å². The van der Waals surface area contributed by atoms with Gasteiger partial charge >= 0.3 is 0 Å². The standard InChI is InChI=1S/C13H15FN2OS/c14-10-3-4-11-12(6-10)18-13(16-11)15-7-9-2-1-5-17-8-9/h3-4,6,9H,1-2,5,7-8H2,(H,15,16). The van der Waals surface area contributed by atoms with E-state index < -0.39 is 0 Å². The van der Waals surface area contributed by atoms with Crippen molar-refractivity contribution in [3.8, 4) is 0 Å². The number of hydrogen-bond donors (Lipinski definition) is 1. The number of thiazole rings is 1. The van der Waals surface area contributed by atoms with E-state index in [1.165, 1.54) is 29.9 Å². The van der Waals surface area contributed by atoms with E-state index in [0.717, 1.165) is 41.5 Å². The minimum Gasteiger partial charge on any atom is -0.381 e. The Morgan fingerprint density at radius 3 is 3.28 bits per heavy atom. The van der Waals surface area contributed by atoms with Crippen LogP contribution in [0.4, 0.5) is 9.52 Å². The number of nitrogens with zero attached hydrogens (tertiary/aromatic N) is 1. The lowest BCUT2D eigenvalue weighted by atomic mass is 10.0. The maximum atomic E-state index is 13.1. The third-order valence-corrected chi connectivity index (χ3v) is 4.12. The molecule has 96 valence electrons. The fourth-order valence-electron chi connectivity index (χ4n) is 2.17. The van der Waals surface area contributed by atoms with Gasteiger partial charge in [0.1, 0.15) is 5.82 Å². The van der Waals surface area contributed by atoms with Gasteiger partial charge in [0.2, 0.25) is 0 Å². The van der Waals surface area contributed by atoms with E-state index in [1.807, 2.05) is 0 Å². The molecule has 1 aromatic heterocycles. The van der Waals surface area contributed by atoms with Gasteiger partial charge in [0.25, 0.3) is 0 Å². The van der Waals surface area contributed by atoms with Crippen LogP contribution in [0.3, 0.4) is 0 Å². The molecule has 0 aliphatic carbocycles. The van der Waals surface area contributed by atoms with Crippen LogP contribution in [0.5, 0.6) is 0 Å². The molecule has 1 N–H and O–H groups in total. The fourth-order valence-corrected chi connectivity index (χ4v) is 3.07. The molecule has 0 bridgehead atoms. The van der Waals surface area contributed by atoms with Crippen molar-refractivity contribution in [1.82, 2.24) is 4.98 Å². The molecule has 1 aliphatic rings. The van der Waals surface area contributed by atoms with Crippen LogP contribution in [0.15, 0.2) is 18.2 Å². The van der Waals surface area contributed by atoms with Gasteiger partial charge in [-0.25, -0.2) is 9.37 Å². The van der Waals surface area contributed by atoms with E-state index in [2.05, 4.69) is 10.3 Å². The number of aromatic nitrogens is 1. The van der Waals surface area contributed by atoms with E-state index in [9.17, 15) is 4.39 Å². The predicted molar refractivity (Wildman–Crippen MR) is 71.6 cm³/mol. The second-order valence-electron chi connectivity index (χ2n) is 4.60. The highest BCUT2D eigenvalue weighted by Crippen LogP contribution is 2.27. The molecular formula is C13H15FN2OS. The van der Waals surface area contributed by atoms with Crippen LogP contribution < -0.4 is 5.32 Å². The average Bonchev–Trinajstić information content (AvgIpc) is 2.79. The SMILES string of the molecule is Fc1ccc2nc(NCC3CCCOC3)sc2c1. The van der Waals surface area contributed by atoms with E-state index >= 15 is 0 Å². The van der Waals surface area contributed by atoms with Crippen molar-refractivity contribution in [2.45, 2.75) is 12.8 Å². The quantitative estimate of drug-likeness (QED) is 0.925. The third-order valence-electron chi connectivity index (χ3n) is 3.15. The van der Waals surface area contributed by atoms with Crippen molar-refractivity contribution in [1.29, 1.82) is 0 Å². The molecule has 1 unspecified atom stereocenters. The minimum atomic E-state index is -0.210. The largest absolute Gasteiger partial charge is 0.381 e. The highest BCUT2D eigenvalue weighted by Gasteiger charge is 2.14. The number of nitrogens with one attached hydrogen (secondary N) is 1. The molecule has 3 rings (SSSR count). The molecule has 1 atom stereocenters. The zero-order valence-corrected chi connectivity index (χ0v) is 10.8. The van der Waals surface area contributed by atoms with E-state index in [4.69, 9.17) is 4.74 Å². The van der Waals surface area contributed by atoms with Crippen LogP contribution in [0.1, 0.15) is 12.8 Å². The third kappa shape index (κ3) is 2.62. The Balaban J connectivity index is 1.67. The van der Waals surface area contributed by atoms with Crippen molar-refractivity contribution in [2.24, 2.45) is 5.92 Å². The zero-order valence-electron chi connectivity index (χ0n) is 9.99. The molecular weight excluding hydrogens is 251 g/mol.